The van der Waals surface area contributed by atoms with E-state index in [1.165, 1.54) is 23.3 Å². The summed E-state index contributed by atoms with van der Waals surface area (Å²) in [7, 11) is -5.09. The molecule has 76 heavy (non-hydrogen) atoms. The average Bonchev–Trinajstić information content (AvgIpc) is 4.06. The van der Waals surface area contributed by atoms with Gasteiger partial charge in [-0.3, -0.25) is 38.1 Å². The summed E-state index contributed by atoms with van der Waals surface area (Å²) in [5.74, 6) is -6.96. The summed E-state index contributed by atoms with van der Waals surface area (Å²) >= 11 is 4.00. The first-order chi connectivity index (χ1) is 36.2. The van der Waals surface area contributed by atoms with Gasteiger partial charge in [-0.05, 0) is 56.9 Å². The molecule has 0 aliphatic carbocycles. The van der Waals surface area contributed by atoms with E-state index in [0.29, 0.717) is 31.6 Å². The van der Waals surface area contributed by atoms with Crippen LogP contribution >= 0.6 is 20.5 Å². The molecular weight excluding hydrogens is 1020 g/mol. The van der Waals surface area contributed by atoms with Gasteiger partial charge < -0.3 is 61.3 Å². The molecule has 22 nitrogen and oxygen atoms in total. The van der Waals surface area contributed by atoms with Gasteiger partial charge in [-0.25, -0.2) is 9.55 Å². The van der Waals surface area contributed by atoms with Gasteiger partial charge in [0.15, 0.2) is 11.6 Å². The fourth-order valence-corrected chi connectivity index (χ4v) is 9.78. The second-order valence-electron chi connectivity index (χ2n) is 19.9. The van der Waals surface area contributed by atoms with E-state index in [2.05, 4.69) is 62.4 Å². The van der Waals surface area contributed by atoms with Crippen LogP contribution < -0.4 is 27.4 Å². The number of thiol groups is 1. The van der Waals surface area contributed by atoms with E-state index >= 15 is 0 Å². The molecule has 1 aromatic heterocycles. The number of aliphatic hydroxyl groups is 1. The first kappa shape index (κ1) is 65.7. The average molecular weight is 1110 g/mol. The van der Waals surface area contributed by atoms with E-state index in [-0.39, 0.29) is 75.7 Å². The van der Waals surface area contributed by atoms with Crippen LogP contribution in [0.4, 0.5) is 0 Å². The molecule has 428 valence electrons. The summed E-state index contributed by atoms with van der Waals surface area (Å²) < 4.78 is 29.1. The molecule has 0 radical (unpaired) electrons. The lowest BCUT2D eigenvalue weighted by Gasteiger charge is -2.28. The topological polar surface area (TPSA) is 334 Å². The van der Waals surface area contributed by atoms with E-state index in [1.54, 1.807) is 12.5 Å². The number of rotatable bonds is 41. The molecule has 1 aromatic carbocycles. The molecule has 1 aliphatic heterocycles. The Kier molecular flexibility index (Phi) is 30.9. The third-order valence-corrected chi connectivity index (χ3v) is 14.3. The maximum absolute atomic E-state index is 14.5. The second-order valence-corrected chi connectivity index (χ2v) is 21.5. The number of carbonyl (C=O) groups excluding carboxylic acids is 7. The van der Waals surface area contributed by atoms with Gasteiger partial charge in [0.05, 0.1) is 75.8 Å². The third kappa shape index (κ3) is 25.3. The zero-order chi connectivity index (χ0) is 56.0. The van der Waals surface area contributed by atoms with Crippen molar-refractivity contribution in [3.8, 4) is 0 Å². The quantitative estimate of drug-likeness (QED) is 0.0263. The number of carbonyl (C=O) groups is 7. The Morgan fingerprint density at radius 2 is 1.50 bits per heavy atom. The molecule has 2 heterocycles. The van der Waals surface area contributed by atoms with Crippen molar-refractivity contribution in [2.75, 3.05) is 51.9 Å². The first-order valence-corrected chi connectivity index (χ1v) is 28.8. The van der Waals surface area contributed by atoms with Crippen molar-refractivity contribution in [1.82, 2.24) is 30.4 Å². The summed E-state index contributed by atoms with van der Waals surface area (Å²) in [6, 6.07) is 6.24. The number of amides is 5. The Hall–Kier alpha value is -4.58. The van der Waals surface area contributed by atoms with Crippen LogP contribution in [-0.2, 0) is 71.5 Å². The molecule has 5 amide bonds. The molecular formula is C52H85N8O14PS. The van der Waals surface area contributed by atoms with Gasteiger partial charge in [0, 0.05) is 56.5 Å². The van der Waals surface area contributed by atoms with Crippen LogP contribution in [0.1, 0.15) is 122 Å². The molecule has 0 spiro atoms. The van der Waals surface area contributed by atoms with Crippen LogP contribution in [0.2, 0.25) is 0 Å². The van der Waals surface area contributed by atoms with E-state index in [1.807, 2.05) is 24.5 Å². The molecule has 0 unspecified atom stereocenters. The highest BCUT2D eigenvalue weighted by Crippen LogP contribution is 2.39. The smallest absolute Gasteiger partial charge is 0.394 e. The Labute approximate surface area is 452 Å². The predicted octanol–water partition coefficient (Wildman–Crippen LogP) is 2.72. The number of phosphoric ester groups is 1. The third-order valence-electron chi connectivity index (χ3n) is 13.3. The number of Topliss-reactive ketones (excluding diaryl/α,β-unsaturated/α-hetero) is 2. The summed E-state index contributed by atoms with van der Waals surface area (Å²) in [6.45, 7) is 5.90. The van der Waals surface area contributed by atoms with Gasteiger partial charge in [-0.2, -0.15) is 12.6 Å². The number of hydrogen-bond donors (Lipinski definition) is 9. The number of ketones is 2. The minimum atomic E-state index is -5.09. The number of aromatic nitrogens is 2. The summed E-state index contributed by atoms with van der Waals surface area (Å²) in [5, 5.41) is 18.4. The van der Waals surface area contributed by atoms with E-state index in [4.69, 9.17) is 20.9 Å². The Morgan fingerprint density at radius 3 is 2.13 bits per heavy atom. The Morgan fingerprint density at radius 1 is 0.855 bits per heavy atom. The molecule has 1 saturated heterocycles. The second kappa shape index (κ2) is 35.8. The number of primary amides is 1. The number of likely N-dealkylation sites (tertiary alicyclic amines) is 1. The van der Waals surface area contributed by atoms with Crippen molar-refractivity contribution < 1.29 is 67.0 Å². The maximum atomic E-state index is 14.5. The molecule has 0 saturated carbocycles. The monoisotopic (exact) mass is 1110 g/mol. The highest BCUT2D eigenvalue weighted by atomic mass is 32.1. The van der Waals surface area contributed by atoms with Gasteiger partial charge in [0.1, 0.15) is 12.1 Å². The van der Waals surface area contributed by atoms with E-state index < -0.39 is 98.7 Å². The molecule has 24 heteroatoms. The molecule has 1 aliphatic rings. The summed E-state index contributed by atoms with van der Waals surface area (Å²) in [4.78, 5) is 118. The van der Waals surface area contributed by atoms with Crippen LogP contribution in [0.25, 0.3) is 0 Å². The zero-order valence-corrected chi connectivity index (χ0v) is 46.3. The van der Waals surface area contributed by atoms with Gasteiger partial charge in [0.2, 0.25) is 29.5 Å². The fraction of sp³-hybridized carbons (Fsp3) is 0.692. The highest BCUT2D eigenvalue weighted by molar-refractivity contribution is 7.80. The molecule has 0 bridgehead atoms. The van der Waals surface area contributed by atoms with Crippen molar-refractivity contribution in [2.24, 2.45) is 29.2 Å². The number of hydrogen-bond acceptors (Lipinski definition) is 15. The van der Waals surface area contributed by atoms with Gasteiger partial charge in [-0.1, -0.05) is 82.7 Å². The largest absolute Gasteiger partial charge is 0.469 e. The number of aliphatic hydroxyl groups excluding tert-OH is 1. The normalized spacial score (nSPS) is 16.1. The van der Waals surface area contributed by atoms with Crippen molar-refractivity contribution in [2.45, 2.75) is 160 Å². The van der Waals surface area contributed by atoms with Crippen molar-refractivity contribution >= 4 is 61.6 Å². The number of aryl methyl sites for hydroxylation is 2. The zero-order valence-electron chi connectivity index (χ0n) is 44.6. The summed E-state index contributed by atoms with van der Waals surface area (Å²) in [5.41, 5.74) is 13.1. The minimum Gasteiger partial charge on any atom is -0.394 e. The predicted molar refractivity (Wildman–Crippen MR) is 287 cm³/mol. The van der Waals surface area contributed by atoms with Crippen LogP contribution in [0.3, 0.4) is 0 Å². The van der Waals surface area contributed by atoms with Gasteiger partial charge in [0.25, 0.3) is 0 Å². The maximum Gasteiger partial charge on any atom is 0.469 e. The standard InChI is InChI=1S/C52H85N8O14PS/c1-36(2)28-43(57-52(68)45-19-15-23-60(45)48(64)20-24-72-26-27-73-25-21-56-51(67)42(53)34-76)46(62)30-39(50(66)58-44(33-61)47(63)31-41(49(54)65)37(3)74-75(69,70)71)29-40-32-55-35-59(40)22-14-9-7-5-4-6-8-11-16-38-17-12-10-13-18-38/h10,12-13,17-18,32,35-37,39,41-45,61,76H,4-9,11,14-16,19-31,33-34,53H2,1-3H3,(H2,54,65)(H,56,67)(H,57,68)(H,58,66)(H2,69,70,71)/t37-,39-,41+,42+,43+,44+,45+/m1/s1. The number of nitrogens with zero attached hydrogens (tertiary/aromatic N) is 3. The van der Waals surface area contributed by atoms with Crippen molar-refractivity contribution in [3.63, 3.8) is 0 Å². The van der Waals surface area contributed by atoms with Crippen molar-refractivity contribution in [1.29, 1.82) is 0 Å². The van der Waals surface area contributed by atoms with Crippen LogP contribution in [0.15, 0.2) is 42.9 Å². The number of ether oxygens (including phenoxy) is 2. The molecule has 3 rings (SSSR count). The lowest BCUT2D eigenvalue weighted by atomic mass is 9.89. The number of benzene rings is 1. The molecule has 2 aromatic rings. The van der Waals surface area contributed by atoms with Gasteiger partial charge in [-0.15, -0.1) is 0 Å². The Bertz CT molecular complexity index is 2150. The summed E-state index contributed by atoms with van der Waals surface area (Å²) in [6.07, 6.45) is 11.4. The molecule has 1 fully saturated rings. The first-order valence-electron chi connectivity index (χ1n) is 26.7. The lowest BCUT2D eigenvalue weighted by molar-refractivity contribution is -0.140. The van der Waals surface area contributed by atoms with Crippen molar-refractivity contribution in [3.05, 3.63) is 54.1 Å². The Balaban J connectivity index is 1.68. The fourth-order valence-electron chi connectivity index (χ4n) is 9.03. The highest BCUT2D eigenvalue weighted by Gasteiger charge is 2.38. The number of imidazole rings is 1. The minimum absolute atomic E-state index is 0.000178. The number of phosphoric acid groups is 1. The SMILES string of the molecule is CC(C)C[C@H](NC(=O)[C@@H]1CCCN1C(=O)CCOCCOCCNC(=O)[C@@H](N)CS)C(=O)C[C@@H](Cc1cncn1CCCCCCCCCCc1ccccc1)C(=O)N[C@@H](CO)C(=O)C[C@H](C(N)=O)[C@@H](C)OP(=O)(O)O. The van der Waals surface area contributed by atoms with Crippen LogP contribution in [0, 0.1) is 17.8 Å². The van der Waals surface area contributed by atoms with E-state index in [9.17, 15) is 53.0 Å². The van der Waals surface area contributed by atoms with Crippen LogP contribution in [-0.4, -0.2) is 153 Å². The molecule has 7 atom stereocenters. The number of nitrogens with two attached hydrogens (primary N) is 2. The number of nitrogens with one attached hydrogen (secondary N) is 3. The lowest BCUT2D eigenvalue weighted by Crippen LogP contribution is -2.52. The number of unbranched alkanes of at least 4 members (excludes halogenated alkanes) is 7. The van der Waals surface area contributed by atoms with E-state index in [0.717, 1.165) is 51.9 Å². The molecule has 10 N–H and O–H groups in total. The van der Waals surface area contributed by atoms with Crippen LogP contribution in [0.5, 0.6) is 0 Å². The van der Waals surface area contributed by atoms with Gasteiger partial charge >= 0.3 is 7.82 Å².